The molecule has 3 heteroatoms. The first-order valence-electron chi connectivity index (χ1n) is 15.3. The lowest BCUT2D eigenvalue weighted by Crippen LogP contribution is -2.24. The first-order chi connectivity index (χ1) is 21.7. The second-order valence-electron chi connectivity index (χ2n) is 11.7. The average molecular weight is 573 g/mol. The van der Waals surface area contributed by atoms with Crippen LogP contribution in [-0.4, -0.2) is 29.0 Å². The highest BCUT2D eigenvalue weighted by Crippen LogP contribution is 2.50. The number of aliphatic hydroxyl groups excluding tert-OH is 2. The number of hydrogen-bond donors (Lipinski definition) is 2. The van der Waals surface area contributed by atoms with Crippen molar-refractivity contribution in [3.63, 3.8) is 0 Å². The Balaban J connectivity index is 1.59. The van der Waals surface area contributed by atoms with Gasteiger partial charge in [-0.1, -0.05) is 127 Å². The second-order valence-corrected chi connectivity index (χ2v) is 11.7. The smallest absolute Gasteiger partial charge is 0.107 e. The Hall–Kier alpha value is -4.80. The number of rotatable bonds is 5. The molecule has 3 atom stereocenters. The first-order valence-corrected chi connectivity index (χ1v) is 15.3. The van der Waals surface area contributed by atoms with E-state index in [0.717, 1.165) is 27.5 Å². The number of aliphatic hydroxyl groups is 2. The molecule has 44 heavy (non-hydrogen) atoms. The molecule has 1 fully saturated rings. The Kier molecular flexibility index (Phi) is 6.72. The molecular weight excluding hydrogens is 540 g/mol. The molecule has 3 nitrogen and oxygen atoms in total. The maximum atomic E-state index is 10.6. The summed E-state index contributed by atoms with van der Waals surface area (Å²) in [6, 6.07) is 49.7. The summed E-state index contributed by atoms with van der Waals surface area (Å²) in [5, 5.41) is 27.5. The highest BCUT2D eigenvalue weighted by molar-refractivity contribution is 6.28. The van der Waals surface area contributed by atoms with E-state index < -0.39 is 12.2 Å². The van der Waals surface area contributed by atoms with Crippen molar-refractivity contribution in [3.05, 3.63) is 145 Å². The van der Waals surface area contributed by atoms with Crippen molar-refractivity contribution in [2.45, 2.75) is 24.7 Å². The van der Waals surface area contributed by atoms with Crippen LogP contribution in [0.2, 0.25) is 0 Å². The zero-order chi connectivity index (χ0) is 29.6. The summed E-state index contributed by atoms with van der Waals surface area (Å²) in [5.74, 6) is 0. The minimum atomic E-state index is -0.693. The summed E-state index contributed by atoms with van der Waals surface area (Å²) in [6.07, 6.45) is -1.11. The van der Waals surface area contributed by atoms with Gasteiger partial charge in [0.25, 0.3) is 0 Å². The van der Waals surface area contributed by atoms with Gasteiger partial charge in [-0.2, -0.15) is 0 Å². The first kappa shape index (κ1) is 26.8. The van der Waals surface area contributed by atoms with Gasteiger partial charge >= 0.3 is 0 Å². The molecule has 1 saturated heterocycles. The van der Waals surface area contributed by atoms with E-state index in [9.17, 15) is 10.2 Å². The summed E-state index contributed by atoms with van der Waals surface area (Å²) in [4.78, 5) is 0. The summed E-state index contributed by atoms with van der Waals surface area (Å²) in [7, 11) is 0. The molecule has 0 aliphatic carbocycles. The van der Waals surface area contributed by atoms with Crippen LogP contribution >= 0.6 is 0 Å². The van der Waals surface area contributed by atoms with Gasteiger partial charge in [0, 0.05) is 6.42 Å². The summed E-state index contributed by atoms with van der Waals surface area (Å²) >= 11 is 0. The summed E-state index contributed by atoms with van der Waals surface area (Å²) in [6.45, 7) is -0.198. The van der Waals surface area contributed by atoms with Crippen LogP contribution in [0.15, 0.2) is 140 Å². The molecule has 7 aromatic carbocycles. The zero-order valence-electron chi connectivity index (χ0n) is 24.2. The fraction of sp³-hybridized carbons (Fsp3) is 0.122. The second kappa shape index (κ2) is 11.0. The molecule has 0 aromatic heterocycles. The number of hydrogen-bond acceptors (Lipinski definition) is 3. The topological polar surface area (TPSA) is 49.7 Å². The van der Waals surface area contributed by atoms with Crippen molar-refractivity contribution < 1.29 is 14.9 Å². The SMILES string of the molecule is OC[C@H]1O[C@H](c2ccc3c(-c4ccccc4)c4cc5ccccc5c(-c5ccccc5)c4c(-c4ccccc4)c3c2)CC1O. The van der Waals surface area contributed by atoms with Gasteiger partial charge < -0.3 is 14.9 Å². The maximum Gasteiger partial charge on any atom is 0.107 e. The van der Waals surface area contributed by atoms with E-state index in [4.69, 9.17) is 4.74 Å². The average Bonchev–Trinajstić information content (AvgIpc) is 3.47. The van der Waals surface area contributed by atoms with Gasteiger partial charge in [-0.05, 0) is 83.4 Å². The normalized spacial score (nSPS) is 18.4. The third-order valence-electron chi connectivity index (χ3n) is 9.11. The largest absolute Gasteiger partial charge is 0.394 e. The van der Waals surface area contributed by atoms with Gasteiger partial charge in [0.1, 0.15) is 6.10 Å². The molecule has 1 unspecified atom stereocenters. The van der Waals surface area contributed by atoms with Gasteiger partial charge in [0.15, 0.2) is 0 Å². The Morgan fingerprint density at radius 3 is 1.73 bits per heavy atom. The quantitative estimate of drug-likeness (QED) is 0.202. The van der Waals surface area contributed by atoms with E-state index in [-0.39, 0.29) is 12.7 Å². The van der Waals surface area contributed by atoms with E-state index in [2.05, 4.69) is 140 Å². The van der Waals surface area contributed by atoms with Crippen molar-refractivity contribution in [1.29, 1.82) is 0 Å². The minimum absolute atomic E-state index is 0.198. The predicted molar refractivity (Wildman–Crippen MR) is 181 cm³/mol. The highest BCUT2D eigenvalue weighted by Gasteiger charge is 2.34. The van der Waals surface area contributed by atoms with E-state index in [1.54, 1.807) is 0 Å². The molecule has 0 saturated carbocycles. The molecule has 1 heterocycles. The minimum Gasteiger partial charge on any atom is -0.394 e. The summed E-state index contributed by atoms with van der Waals surface area (Å²) in [5.41, 5.74) is 8.09. The Morgan fingerprint density at radius 1 is 0.545 bits per heavy atom. The van der Waals surface area contributed by atoms with Crippen molar-refractivity contribution >= 4 is 32.3 Å². The molecule has 0 bridgehead atoms. The summed E-state index contributed by atoms with van der Waals surface area (Å²) < 4.78 is 6.16. The lowest BCUT2D eigenvalue weighted by Gasteiger charge is -2.23. The van der Waals surface area contributed by atoms with Crippen LogP contribution in [0, 0.1) is 0 Å². The van der Waals surface area contributed by atoms with Crippen molar-refractivity contribution in [2.24, 2.45) is 0 Å². The van der Waals surface area contributed by atoms with Gasteiger partial charge in [-0.15, -0.1) is 0 Å². The van der Waals surface area contributed by atoms with E-state index >= 15 is 0 Å². The van der Waals surface area contributed by atoms with E-state index in [0.29, 0.717) is 6.42 Å². The predicted octanol–water partition coefficient (Wildman–Crippen LogP) is 9.33. The van der Waals surface area contributed by atoms with Crippen LogP contribution in [0.1, 0.15) is 18.1 Å². The zero-order valence-corrected chi connectivity index (χ0v) is 24.2. The van der Waals surface area contributed by atoms with Gasteiger partial charge in [-0.25, -0.2) is 0 Å². The van der Waals surface area contributed by atoms with Crippen LogP contribution in [0.5, 0.6) is 0 Å². The molecule has 0 amide bonds. The maximum absolute atomic E-state index is 10.6. The molecule has 1 aliphatic rings. The molecule has 214 valence electrons. The van der Waals surface area contributed by atoms with Gasteiger partial charge in [-0.3, -0.25) is 0 Å². The van der Waals surface area contributed by atoms with E-state index in [1.807, 2.05) is 0 Å². The van der Waals surface area contributed by atoms with Crippen LogP contribution in [-0.2, 0) is 4.74 Å². The van der Waals surface area contributed by atoms with Crippen LogP contribution in [0.3, 0.4) is 0 Å². The Morgan fingerprint density at radius 2 is 1.11 bits per heavy atom. The number of ether oxygens (including phenoxy) is 1. The third-order valence-corrected chi connectivity index (χ3v) is 9.11. The Labute approximate surface area is 256 Å². The molecular formula is C41H32O3. The Bertz CT molecular complexity index is 2120. The lowest BCUT2D eigenvalue weighted by atomic mass is 9.80. The molecule has 0 radical (unpaired) electrons. The van der Waals surface area contributed by atoms with Crippen LogP contribution in [0.25, 0.3) is 65.7 Å². The van der Waals surface area contributed by atoms with Crippen molar-refractivity contribution in [1.82, 2.24) is 0 Å². The van der Waals surface area contributed by atoms with Crippen molar-refractivity contribution in [2.75, 3.05) is 6.61 Å². The van der Waals surface area contributed by atoms with Crippen molar-refractivity contribution in [3.8, 4) is 33.4 Å². The fourth-order valence-corrected chi connectivity index (χ4v) is 7.10. The molecule has 2 N–H and O–H groups in total. The van der Waals surface area contributed by atoms with Gasteiger partial charge in [0.2, 0.25) is 0 Å². The number of benzene rings is 7. The number of fused-ring (bicyclic) bond motifs is 3. The molecule has 0 spiro atoms. The van der Waals surface area contributed by atoms with E-state index in [1.165, 1.54) is 43.8 Å². The van der Waals surface area contributed by atoms with Crippen LogP contribution in [0.4, 0.5) is 0 Å². The standard InChI is InChI=1S/C41H32O3/c42-25-37-35(43)24-36(44-37)30-20-21-32-33(23-30)40(28-16-8-3-9-17-28)41-34(38(32)26-12-4-1-5-13-26)22-29-18-10-11-19-31(29)39(41)27-14-6-2-7-15-27/h1-23,35-37,42-43H,24-25H2/t35?,36-,37+/m0/s1. The van der Waals surface area contributed by atoms with Crippen LogP contribution < -0.4 is 0 Å². The van der Waals surface area contributed by atoms with Gasteiger partial charge in [0.05, 0.1) is 18.8 Å². The monoisotopic (exact) mass is 572 g/mol. The fourth-order valence-electron chi connectivity index (χ4n) is 7.10. The molecule has 1 aliphatic heterocycles. The highest BCUT2D eigenvalue weighted by atomic mass is 16.5. The molecule has 8 rings (SSSR count). The lowest BCUT2D eigenvalue weighted by molar-refractivity contribution is -0.0225. The third kappa shape index (κ3) is 4.40. The molecule has 7 aromatic rings.